The lowest BCUT2D eigenvalue weighted by Gasteiger charge is -2.09. The molecule has 3 heterocycles. The molecule has 2 aromatic carbocycles. The van der Waals surface area contributed by atoms with Gasteiger partial charge in [0.05, 0.1) is 23.4 Å². The molecular weight excluding hydrogens is 316 g/mol. The summed E-state index contributed by atoms with van der Waals surface area (Å²) in [5, 5.41) is 4.03. The Morgan fingerprint density at radius 3 is 2.92 bits per heavy atom. The van der Waals surface area contributed by atoms with Crippen LogP contribution in [0.4, 0.5) is 5.69 Å². The largest absolute Gasteiger partial charge is 0.490 e. The van der Waals surface area contributed by atoms with Crippen LogP contribution < -0.4 is 10.1 Å². The maximum atomic E-state index is 12.5. The fourth-order valence-electron chi connectivity index (χ4n) is 3.15. The second-order valence-corrected chi connectivity index (χ2v) is 6.27. The summed E-state index contributed by atoms with van der Waals surface area (Å²) in [7, 11) is 0. The average Bonchev–Trinajstić information content (AvgIpc) is 3.27. The zero-order valence-electron chi connectivity index (χ0n) is 13.4. The van der Waals surface area contributed by atoms with E-state index in [2.05, 4.69) is 10.3 Å². The van der Waals surface area contributed by atoms with Crippen molar-refractivity contribution < 1.29 is 14.3 Å². The lowest BCUT2D eigenvalue weighted by Crippen LogP contribution is -2.05. The molecule has 5 rings (SSSR count). The lowest BCUT2D eigenvalue weighted by molar-refractivity contribution is -0.110. The number of aromatic nitrogens is 1. The van der Waals surface area contributed by atoms with Crippen molar-refractivity contribution in [2.24, 2.45) is 0 Å². The average molecular weight is 332 g/mol. The van der Waals surface area contributed by atoms with E-state index in [9.17, 15) is 4.79 Å². The maximum absolute atomic E-state index is 12.5. The van der Waals surface area contributed by atoms with E-state index in [-0.39, 0.29) is 12.0 Å². The highest BCUT2D eigenvalue weighted by atomic mass is 16.6. The molecule has 1 fully saturated rings. The summed E-state index contributed by atoms with van der Waals surface area (Å²) >= 11 is 0. The Morgan fingerprint density at radius 2 is 2.08 bits per heavy atom. The third-order valence-corrected chi connectivity index (χ3v) is 4.47. The van der Waals surface area contributed by atoms with E-state index >= 15 is 0 Å². The molecule has 2 aliphatic rings. The van der Waals surface area contributed by atoms with Gasteiger partial charge in [-0.2, -0.15) is 0 Å². The highest BCUT2D eigenvalue weighted by molar-refractivity contribution is 6.35. The van der Waals surface area contributed by atoms with Gasteiger partial charge in [0.1, 0.15) is 18.5 Å². The van der Waals surface area contributed by atoms with Gasteiger partial charge >= 0.3 is 0 Å². The number of epoxide rings is 1. The molecule has 5 nitrogen and oxygen atoms in total. The van der Waals surface area contributed by atoms with Crippen molar-refractivity contribution in [3.63, 3.8) is 0 Å². The Bertz CT molecular complexity index is 982. The van der Waals surface area contributed by atoms with Crippen molar-refractivity contribution in [2.45, 2.75) is 6.10 Å². The van der Waals surface area contributed by atoms with Crippen LogP contribution >= 0.6 is 0 Å². The molecule has 1 aromatic heterocycles. The zero-order valence-corrected chi connectivity index (χ0v) is 13.4. The molecular formula is C20H16N2O3. The minimum Gasteiger partial charge on any atom is -0.490 e. The SMILES string of the molecule is O=C1Nc2cccc(OCC3CO3)c2C1=Cc1cc2ccccc2[nH]1. The molecule has 0 spiro atoms. The van der Waals surface area contributed by atoms with Crippen molar-refractivity contribution in [1.29, 1.82) is 0 Å². The standard InChI is InChI=1S/C20H16N2O3/c23-20-15(9-13-8-12-4-1-2-5-16(12)21-13)19-17(22-20)6-3-7-18(19)25-11-14-10-24-14/h1-9,14,21H,10-11H2,(H,22,23). The Hall–Kier alpha value is -3.05. The molecule has 25 heavy (non-hydrogen) atoms. The molecule has 0 aliphatic carbocycles. The summed E-state index contributed by atoms with van der Waals surface area (Å²) in [5.41, 5.74) is 4.13. The first-order chi connectivity index (χ1) is 12.3. The minimum absolute atomic E-state index is 0.118. The topological polar surface area (TPSA) is 66.7 Å². The molecule has 2 aliphatic heterocycles. The van der Waals surface area contributed by atoms with E-state index in [1.807, 2.05) is 54.6 Å². The molecule has 0 bridgehead atoms. The smallest absolute Gasteiger partial charge is 0.256 e. The fraction of sp³-hybridized carbons (Fsp3) is 0.150. The van der Waals surface area contributed by atoms with Crippen molar-refractivity contribution in [3.8, 4) is 5.75 Å². The number of benzene rings is 2. The number of anilines is 1. The first-order valence-corrected chi connectivity index (χ1v) is 8.26. The monoisotopic (exact) mass is 332 g/mol. The van der Waals surface area contributed by atoms with Crippen LogP contribution in [0.1, 0.15) is 11.3 Å². The van der Waals surface area contributed by atoms with Crippen molar-refractivity contribution in [2.75, 3.05) is 18.5 Å². The second kappa shape index (κ2) is 5.50. The van der Waals surface area contributed by atoms with Crippen LogP contribution in [0, 0.1) is 0 Å². The van der Waals surface area contributed by atoms with Crippen LogP contribution in [0.3, 0.4) is 0 Å². The number of hydrogen-bond acceptors (Lipinski definition) is 3. The molecule has 124 valence electrons. The lowest BCUT2D eigenvalue weighted by atomic mass is 10.0. The first-order valence-electron chi connectivity index (χ1n) is 8.26. The molecule has 1 unspecified atom stereocenters. The quantitative estimate of drug-likeness (QED) is 0.568. The molecule has 1 atom stereocenters. The molecule has 0 saturated carbocycles. The predicted molar refractivity (Wildman–Crippen MR) is 96.5 cm³/mol. The van der Waals surface area contributed by atoms with Crippen LogP contribution in [0.5, 0.6) is 5.75 Å². The van der Waals surface area contributed by atoms with Crippen molar-refractivity contribution in [1.82, 2.24) is 4.98 Å². The van der Waals surface area contributed by atoms with Gasteiger partial charge in [-0.1, -0.05) is 24.3 Å². The number of carbonyl (C=O) groups is 1. The van der Waals surface area contributed by atoms with E-state index in [0.717, 1.165) is 34.5 Å². The van der Waals surface area contributed by atoms with Gasteiger partial charge in [-0.25, -0.2) is 0 Å². The molecule has 1 amide bonds. The number of amides is 1. The third-order valence-electron chi connectivity index (χ3n) is 4.47. The van der Waals surface area contributed by atoms with Gasteiger partial charge in [-0.15, -0.1) is 0 Å². The van der Waals surface area contributed by atoms with Crippen LogP contribution in [-0.4, -0.2) is 30.2 Å². The van der Waals surface area contributed by atoms with Gasteiger partial charge in [0, 0.05) is 11.2 Å². The number of hydrogen-bond donors (Lipinski definition) is 2. The Labute approximate surface area is 144 Å². The van der Waals surface area contributed by atoms with Gasteiger partial charge in [0.15, 0.2) is 0 Å². The first kappa shape index (κ1) is 14.3. The van der Waals surface area contributed by atoms with Crippen LogP contribution in [0.25, 0.3) is 22.6 Å². The van der Waals surface area contributed by atoms with Crippen LogP contribution in [0.15, 0.2) is 48.5 Å². The second-order valence-electron chi connectivity index (χ2n) is 6.27. The number of ether oxygens (including phenoxy) is 2. The highest BCUT2D eigenvalue weighted by Gasteiger charge is 2.29. The molecule has 3 aromatic rings. The number of aromatic amines is 1. The summed E-state index contributed by atoms with van der Waals surface area (Å²) in [4.78, 5) is 15.8. The summed E-state index contributed by atoms with van der Waals surface area (Å²) in [6, 6.07) is 15.7. The summed E-state index contributed by atoms with van der Waals surface area (Å²) in [5.74, 6) is 0.584. The van der Waals surface area contributed by atoms with Gasteiger partial charge in [0.2, 0.25) is 0 Å². The van der Waals surface area contributed by atoms with E-state index in [1.54, 1.807) is 0 Å². The Morgan fingerprint density at radius 1 is 1.20 bits per heavy atom. The summed E-state index contributed by atoms with van der Waals surface area (Å²) in [6.07, 6.45) is 2.05. The van der Waals surface area contributed by atoms with Crippen molar-refractivity contribution in [3.05, 3.63) is 59.8 Å². The van der Waals surface area contributed by atoms with Gasteiger partial charge in [-0.05, 0) is 35.7 Å². The molecule has 2 N–H and O–H groups in total. The van der Waals surface area contributed by atoms with Crippen molar-refractivity contribution >= 4 is 34.1 Å². The van der Waals surface area contributed by atoms with Crippen LogP contribution in [0.2, 0.25) is 0 Å². The van der Waals surface area contributed by atoms with Gasteiger partial charge < -0.3 is 19.8 Å². The Kier molecular flexibility index (Phi) is 3.15. The highest BCUT2D eigenvalue weighted by Crippen LogP contribution is 2.40. The Balaban J connectivity index is 1.56. The van der Waals surface area contributed by atoms with E-state index in [0.29, 0.717) is 17.9 Å². The number of carbonyl (C=O) groups excluding carboxylic acids is 1. The molecule has 0 radical (unpaired) electrons. The minimum atomic E-state index is -0.118. The molecule has 1 saturated heterocycles. The number of rotatable bonds is 4. The number of para-hydroxylation sites is 1. The van der Waals surface area contributed by atoms with Gasteiger partial charge in [-0.3, -0.25) is 4.79 Å². The van der Waals surface area contributed by atoms with Gasteiger partial charge in [0.25, 0.3) is 5.91 Å². The summed E-state index contributed by atoms with van der Waals surface area (Å²) < 4.78 is 11.1. The summed E-state index contributed by atoms with van der Waals surface area (Å²) in [6.45, 7) is 1.24. The normalized spacial score (nSPS) is 19.9. The number of nitrogens with one attached hydrogen (secondary N) is 2. The predicted octanol–water partition coefficient (Wildman–Crippen LogP) is 3.44. The fourth-order valence-corrected chi connectivity index (χ4v) is 3.15. The van der Waals surface area contributed by atoms with Crippen LogP contribution in [-0.2, 0) is 9.53 Å². The zero-order chi connectivity index (χ0) is 16.8. The molecule has 5 heteroatoms. The maximum Gasteiger partial charge on any atom is 0.256 e. The number of H-pyrrole nitrogens is 1. The third kappa shape index (κ3) is 2.58. The van der Waals surface area contributed by atoms with E-state index in [4.69, 9.17) is 9.47 Å². The number of fused-ring (bicyclic) bond motifs is 2. The van der Waals surface area contributed by atoms with E-state index in [1.165, 1.54) is 0 Å². The van der Waals surface area contributed by atoms with E-state index < -0.39 is 0 Å².